The first kappa shape index (κ1) is 12.6. The molecule has 0 unspecified atom stereocenters. The van der Waals surface area contributed by atoms with E-state index < -0.39 is 0 Å². The number of carbonyl (C=O) groups is 1. The largest absolute Gasteiger partial charge is 0.459 e. The molecule has 1 saturated carbocycles. The van der Waals surface area contributed by atoms with Gasteiger partial charge in [0.25, 0.3) is 0 Å². The summed E-state index contributed by atoms with van der Waals surface area (Å²) in [6, 6.07) is 9.54. The lowest BCUT2D eigenvalue weighted by Crippen LogP contribution is -2.38. The number of benzene rings is 1. The van der Waals surface area contributed by atoms with Gasteiger partial charge in [0.2, 0.25) is 0 Å². The molecule has 0 N–H and O–H groups in total. The van der Waals surface area contributed by atoms with Gasteiger partial charge in [0, 0.05) is 25.9 Å². The zero-order chi connectivity index (χ0) is 13.2. The highest BCUT2D eigenvalue weighted by Crippen LogP contribution is 2.32. The molecule has 2 bridgehead atoms. The van der Waals surface area contributed by atoms with Crippen LogP contribution in [0, 0.1) is 0 Å². The van der Waals surface area contributed by atoms with Crippen molar-refractivity contribution in [3.05, 3.63) is 35.9 Å². The average Bonchev–Trinajstić information content (AvgIpc) is 2.70. The first-order chi connectivity index (χ1) is 9.22. The van der Waals surface area contributed by atoms with E-state index in [2.05, 4.69) is 0 Å². The Morgan fingerprint density at radius 2 is 2.05 bits per heavy atom. The second kappa shape index (κ2) is 5.31. The van der Waals surface area contributed by atoms with Crippen LogP contribution in [-0.2, 0) is 9.57 Å². The van der Waals surface area contributed by atoms with E-state index in [1.54, 1.807) is 12.1 Å². The molecule has 1 aromatic carbocycles. The summed E-state index contributed by atoms with van der Waals surface area (Å²) in [6.45, 7) is 0. The lowest BCUT2D eigenvalue weighted by atomic mass is 10.1. The van der Waals surface area contributed by atoms with Gasteiger partial charge in [-0.15, -0.1) is 0 Å². The second-order valence-corrected chi connectivity index (χ2v) is 5.37. The zero-order valence-corrected chi connectivity index (χ0v) is 11.1. The molecular weight excluding hydrogens is 242 g/mol. The van der Waals surface area contributed by atoms with Crippen LogP contribution in [0.15, 0.2) is 30.3 Å². The molecule has 2 heterocycles. The molecule has 3 aliphatic rings. The predicted molar refractivity (Wildman–Crippen MR) is 70.5 cm³/mol. The second-order valence-electron chi connectivity index (χ2n) is 5.37. The lowest BCUT2D eigenvalue weighted by Gasteiger charge is -2.32. The Morgan fingerprint density at radius 3 is 2.79 bits per heavy atom. The SMILES string of the molecule is CN1O[C@H]2CC[C@@H]1C[C@@H](OC(=O)c1ccccc1)C2. The summed E-state index contributed by atoms with van der Waals surface area (Å²) in [4.78, 5) is 17.8. The maximum atomic E-state index is 12.1. The topological polar surface area (TPSA) is 38.8 Å². The van der Waals surface area contributed by atoms with Gasteiger partial charge >= 0.3 is 5.97 Å². The number of rotatable bonds is 2. The highest BCUT2D eigenvalue weighted by atomic mass is 16.7. The van der Waals surface area contributed by atoms with E-state index in [-0.39, 0.29) is 18.2 Å². The van der Waals surface area contributed by atoms with E-state index >= 15 is 0 Å². The number of ether oxygens (including phenoxy) is 1. The predicted octanol–water partition coefficient (Wildman–Crippen LogP) is 2.40. The normalized spacial score (nSPS) is 30.9. The van der Waals surface area contributed by atoms with Crippen LogP contribution in [0.5, 0.6) is 0 Å². The molecule has 0 amide bonds. The Morgan fingerprint density at radius 1 is 1.26 bits per heavy atom. The molecule has 3 fully saturated rings. The molecule has 0 aromatic heterocycles. The van der Waals surface area contributed by atoms with Gasteiger partial charge in [0.05, 0.1) is 11.7 Å². The maximum absolute atomic E-state index is 12.1. The summed E-state index contributed by atoms with van der Waals surface area (Å²) >= 11 is 0. The number of hydrogen-bond donors (Lipinski definition) is 0. The number of fused-ring (bicyclic) bond motifs is 4. The Kier molecular flexibility index (Phi) is 3.53. The van der Waals surface area contributed by atoms with Crippen LogP contribution in [-0.4, -0.2) is 36.3 Å². The number of carbonyl (C=O) groups excluding carboxylic acids is 1. The smallest absolute Gasteiger partial charge is 0.338 e. The van der Waals surface area contributed by atoms with Gasteiger partial charge in [-0.1, -0.05) is 18.2 Å². The monoisotopic (exact) mass is 261 g/mol. The van der Waals surface area contributed by atoms with Crippen LogP contribution in [0.25, 0.3) is 0 Å². The summed E-state index contributed by atoms with van der Waals surface area (Å²) in [5, 5.41) is 1.94. The third-order valence-corrected chi connectivity index (χ3v) is 4.00. The van der Waals surface area contributed by atoms with Crippen LogP contribution < -0.4 is 0 Å². The van der Waals surface area contributed by atoms with Crippen LogP contribution in [0.3, 0.4) is 0 Å². The van der Waals surface area contributed by atoms with E-state index in [1.807, 2.05) is 30.3 Å². The average molecular weight is 261 g/mol. The Balaban J connectivity index is 1.66. The van der Waals surface area contributed by atoms with Crippen LogP contribution in [0.2, 0.25) is 0 Å². The van der Waals surface area contributed by atoms with Gasteiger partial charge in [0.1, 0.15) is 6.10 Å². The van der Waals surface area contributed by atoms with Crippen LogP contribution in [0.1, 0.15) is 36.0 Å². The van der Waals surface area contributed by atoms with Gasteiger partial charge in [-0.3, -0.25) is 4.84 Å². The molecule has 4 nitrogen and oxygen atoms in total. The molecule has 102 valence electrons. The van der Waals surface area contributed by atoms with Crippen molar-refractivity contribution in [3.63, 3.8) is 0 Å². The van der Waals surface area contributed by atoms with E-state index in [1.165, 1.54) is 0 Å². The van der Waals surface area contributed by atoms with Crippen molar-refractivity contribution in [2.24, 2.45) is 0 Å². The molecule has 0 spiro atoms. The van der Waals surface area contributed by atoms with Crippen molar-refractivity contribution in [1.29, 1.82) is 0 Å². The summed E-state index contributed by atoms with van der Waals surface area (Å²) < 4.78 is 5.64. The molecule has 2 saturated heterocycles. The third kappa shape index (κ3) is 2.80. The molecule has 1 aromatic rings. The molecule has 2 aliphatic heterocycles. The van der Waals surface area contributed by atoms with Gasteiger partial charge < -0.3 is 4.74 Å². The number of hydroxylamine groups is 2. The van der Waals surface area contributed by atoms with Crippen molar-refractivity contribution in [2.45, 2.75) is 43.9 Å². The maximum Gasteiger partial charge on any atom is 0.338 e. The minimum Gasteiger partial charge on any atom is -0.459 e. The Labute approximate surface area is 113 Å². The first-order valence-electron chi connectivity index (χ1n) is 6.88. The van der Waals surface area contributed by atoms with E-state index in [0.29, 0.717) is 11.6 Å². The molecule has 1 aliphatic carbocycles. The summed E-state index contributed by atoms with van der Waals surface area (Å²) in [7, 11) is 1.97. The summed E-state index contributed by atoms with van der Waals surface area (Å²) in [5.41, 5.74) is 0.619. The fourth-order valence-electron chi connectivity index (χ4n) is 2.94. The van der Waals surface area contributed by atoms with E-state index in [0.717, 1.165) is 25.7 Å². The van der Waals surface area contributed by atoms with Crippen LogP contribution in [0.4, 0.5) is 0 Å². The van der Waals surface area contributed by atoms with Crippen molar-refractivity contribution in [1.82, 2.24) is 5.06 Å². The molecule has 0 radical (unpaired) electrons. The minimum absolute atomic E-state index is 0.0323. The van der Waals surface area contributed by atoms with Gasteiger partial charge in [0.15, 0.2) is 0 Å². The van der Waals surface area contributed by atoms with Crippen molar-refractivity contribution in [3.8, 4) is 0 Å². The molecule has 3 atom stereocenters. The summed E-state index contributed by atoms with van der Waals surface area (Å²) in [5.74, 6) is -0.227. The molecular formula is C15H19NO3. The number of esters is 1. The van der Waals surface area contributed by atoms with E-state index in [9.17, 15) is 4.79 Å². The highest BCUT2D eigenvalue weighted by molar-refractivity contribution is 5.89. The van der Waals surface area contributed by atoms with Gasteiger partial charge in [-0.05, 0) is 25.0 Å². The standard InChI is InChI=1S/C15H19NO3/c1-16-12-7-8-13(19-16)10-14(9-12)18-15(17)11-5-3-2-4-6-11/h2-6,12-14H,7-10H2,1H3/t12-,13+,14-/m1/s1. The molecule has 4 heteroatoms. The third-order valence-electron chi connectivity index (χ3n) is 4.00. The number of hydrogen-bond acceptors (Lipinski definition) is 4. The van der Waals surface area contributed by atoms with Gasteiger partial charge in [-0.2, -0.15) is 5.06 Å². The van der Waals surface area contributed by atoms with Crippen molar-refractivity contribution in [2.75, 3.05) is 7.05 Å². The molecule has 19 heavy (non-hydrogen) atoms. The summed E-state index contributed by atoms with van der Waals surface area (Å²) in [6.07, 6.45) is 4.02. The van der Waals surface area contributed by atoms with Gasteiger partial charge in [-0.25, -0.2) is 4.79 Å². The van der Waals surface area contributed by atoms with Crippen molar-refractivity contribution >= 4 is 5.97 Å². The van der Waals surface area contributed by atoms with Crippen LogP contribution >= 0.6 is 0 Å². The first-order valence-corrected chi connectivity index (χ1v) is 6.88. The fourth-order valence-corrected chi connectivity index (χ4v) is 2.94. The fraction of sp³-hybridized carbons (Fsp3) is 0.533. The zero-order valence-electron chi connectivity index (χ0n) is 11.1. The minimum atomic E-state index is -0.227. The van der Waals surface area contributed by atoms with Crippen molar-refractivity contribution < 1.29 is 14.4 Å². The lowest BCUT2D eigenvalue weighted by molar-refractivity contribution is -0.224. The highest BCUT2D eigenvalue weighted by Gasteiger charge is 2.36. The van der Waals surface area contributed by atoms with E-state index in [4.69, 9.17) is 9.57 Å². The Bertz CT molecular complexity index is 448. The Hall–Kier alpha value is -1.39. The quantitative estimate of drug-likeness (QED) is 0.766. The number of nitrogens with zero attached hydrogens (tertiary/aromatic N) is 1. The molecule has 4 rings (SSSR count).